The van der Waals surface area contributed by atoms with Crippen molar-refractivity contribution in [1.29, 1.82) is 0 Å². The largest absolute Gasteiger partial charge is 0.457 e. The lowest BCUT2D eigenvalue weighted by molar-refractivity contribution is 0.466. The van der Waals surface area contributed by atoms with Crippen LogP contribution in [0.15, 0.2) is 54.6 Å². The van der Waals surface area contributed by atoms with E-state index in [-0.39, 0.29) is 0 Å². The third kappa shape index (κ3) is 3.86. The number of aryl methyl sites for hydroxylation is 3. The first-order valence-corrected chi connectivity index (χ1v) is 8.11. The van der Waals surface area contributed by atoms with Gasteiger partial charge < -0.3 is 20.9 Å². The van der Waals surface area contributed by atoms with Crippen LogP contribution in [-0.4, -0.2) is 0 Å². The summed E-state index contributed by atoms with van der Waals surface area (Å²) in [5.74, 6) is 3.05. The molecular formula is C21H22N2O2. The summed E-state index contributed by atoms with van der Waals surface area (Å²) < 4.78 is 11.9. The molecule has 0 aromatic heterocycles. The molecule has 3 aromatic rings. The highest BCUT2D eigenvalue weighted by Gasteiger charge is 2.06. The average molecular weight is 334 g/mol. The lowest BCUT2D eigenvalue weighted by atomic mass is 10.2. The molecular weight excluding hydrogens is 312 g/mol. The molecule has 25 heavy (non-hydrogen) atoms. The Morgan fingerprint density at radius 2 is 1.00 bits per heavy atom. The molecule has 4 heteroatoms. The Labute approximate surface area is 148 Å². The van der Waals surface area contributed by atoms with Crippen LogP contribution in [0.3, 0.4) is 0 Å². The number of nitrogen functional groups attached to an aromatic ring is 2. The van der Waals surface area contributed by atoms with E-state index in [2.05, 4.69) is 0 Å². The van der Waals surface area contributed by atoms with Crippen molar-refractivity contribution >= 4 is 11.4 Å². The van der Waals surface area contributed by atoms with Gasteiger partial charge in [-0.25, -0.2) is 0 Å². The van der Waals surface area contributed by atoms with Crippen LogP contribution in [0.2, 0.25) is 0 Å². The SMILES string of the molecule is Cc1cc(Oc2ccc(Oc3ccc(N)c(C)c3)c(C)c2)ccc1N. The quantitative estimate of drug-likeness (QED) is 0.630. The molecule has 0 aliphatic heterocycles. The number of rotatable bonds is 4. The predicted molar refractivity (Wildman–Crippen MR) is 103 cm³/mol. The van der Waals surface area contributed by atoms with Gasteiger partial charge in [0.1, 0.15) is 23.0 Å². The molecule has 0 fully saturated rings. The van der Waals surface area contributed by atoms with Gasteiger partial charge in [-0.3, -0.25) is 0 Å². The second-order valence-corrected chi connectivity index (χ2v) is 6.17. The van der Waals surface area contributed by atoms with Crippen molar-refractivity contribution < 1.29 is 9.47 Å². The van der Waals surface area contributed by atoms with E-state index in [4.69, 9.17) is 20.9 Å². The van der Waals surface area contributed by atoms with Crippen molar-refractivity contribution in [3.63, 3.8) is 0 Å². The van der Waals surface area contributed by atoms with Crippen molar-refractivity contribution in [3.8, 4) is 23.0 Å². The smallest absolute Gasteiger partial charge is 0.130 e. The van der Waals surface area contributed by atoms with Crippen molar-refractivity contribution in [2.75, 3.05) is 11.5 Å². The Kier molecular flexibility index (Phi) is 4.52. The van der Waals surface area contributed by atoms with E-state index in [9.17, 15) is 0 Å². The topological polar surface area (TPSA) is 70.5 Å². The maximum absolute atomic E-state index is 5.96. The van der Waals surface area contributed by atoms with Gasteiger partial charge >= 0.3 is 0 Å². The number of ether oxygens (including phenoxy) is 2. The van der Waals surface area contributed by atoms with Crippen LogP contribution in [0.5, 0.6) is 23.0 Å². The highest BCUT2D eigenvalue weighted by Crippen LogP contribution is 2.32. The highest BCUT2D eigenvalue weighted by molar-refractivity contribution is 5.52. The molecule has 128 valence electrons. The minimum absolute atomic E-state index is 0.752. The van der Waals surface area contributed by atoms with Gasteiger partial charge in [0.15, 0.2) is 0 Å². The number of nitrogens with two attached hydrogens (primary N) is 2. The summed E-state index contributed by atoms with van der Waals surface area (Å²) in [6.45, 7) is 5.90. The summed E-state index contributed by atoms with van der Waals surface area (Å²) in [4.78, 5) is 0. The summed E-state index contributed by atoms with van der Waals surface area (Å²) in [5, 5.41) is 0. The minimum atomic E-state index is 0.752. The number of hydrogen-bond acceptors (Lipinski definition) is 4. The first kappa shape index (κ1) is 16.7. The van der Waals surface area contributed by atoms with Crippen molar-refractivity contribution in [1.82, 2.24) is 0 Å². The Balaban J connectivity index is 1.78. The molecule has 0 radical (unpaired) electrons. The molecule has 0 bridgehead atoms. The second-order valence-electron chi connectivity index (χ2n) is 6.17. The van der Waals surface area contributed by atoms with Crippen LogP contribution >= 0.6 is 0 Å². The zero-order chi connectivity index (χ0) is 18.0. The van der Waals surface area contributed by atoms with Gasteiger partial charge in [-0.1, -0.05) is 0 Å². The standard InChI is InChI=1S/C21H22N2O2/c1-13-10-16(4-7-19(13)22)24-17-6-9-21(15(3)12-17)25-18-5-8-20(23)14(2)11-18/h4-12H,22-23H2,1-3H3. The van der Waals surface area contributed by atoms with E-state index in [0.717, 1.165) is 51.1 Å². The summed E-state index contributed by atoms with van der Waals surface area (Å²) >= 11 is 0. The molecule has 0 atom stereocenters. The molecule has 0 aliphatic rings. The van der Waals surface area contributed by atoms with Gasteiger partial charge in [0, 0.05) is 11.4 Å². The first-order valence-electron chi connectivity index (χ1n) is 8.11. The predicted octanol–water partition coefficient (Wildman–Crippen LogP) is 5.36. The minimum Gasteiger partial charge on any atom is -0.457 e. The van der Waals surface area contributed by atoms with E-state index in [0.29, 0.717) is 0 Å². The average Bonchev–Trinajstić information content (AvgIpc) is 2.57. The van der Waals surface area contributed by atoms with E-state index in [1.165, 1.54) is 0 Å². The van der Waals surface area contributed by atoms with Crippen LogP contribution in [0, 0.1) is 20.8 Å². The molecule has 0 unspecified atom stereocenters. The van der Waals surface area contributed by atoms with E-state index >= 15 is 0 Å². The molecule has 0 heterocycles. The zero-order valence-corrected chi connectivity index (χ0v) is 14.7. The van der Waals surface area contributed by atoms with Crippen molar-refractivity contribution in [2.24, 2.45) is 0 Å². The fourth-order valence-electron chi connectivity index (χ4n) is 2.49. The van der Waals surface area contributed by atoms with Gasteiger partial charge in [-0.2, -0.15) is 0 Å². The Hall–Kier alpha value is -3.14. The molecule has 4 nitrogen and oxygen atoms in total. The molecule has 0 amide bonds. The molecule has 4 N–H and O–H groups in total. The highest BCUT2D eigenvalue weighted by atomic mass is 16.5. The van der Waals surface area contributed by atoms with E-state index < -0.39 is 0 Å². The van der Waals surface area contributed by atoms with Gasteiger partial charge in [0.05, 0.1) is 0 Å². The fraction of sp³-hybridized carbons (Fsp3) is 0.143. The summed E-state index contributed by atoms with van der Waals surface area (Å²) in [7, 11) is 0. The van der Waals surface area contributed by atoms with Gasteiger partial charge in [-0.15, -0.1) is 0 Å². The lowest BCUT2D eigenvalue weighted by Crippen LogP contribution is -1.93. The second kappa shape index (κ2) is 6.77. The summed E-state index contributed by atoms with van der Waals surface area (Å²) in [6, 6.07) is 17.0. The molecule has 0 saturated heterocycles. The van der Waals surface area contributed by atoms with Gasteiger partial charge in [0.2, 0.25) is 0 Å². The van der Waals surface area contributed by atoms with E-state index in [1.807, 2.05) is 75.4 Å². The van der Waals surface area contributed by atoms with Crippen LogP contribution in [0.25, 0.3) is 0 Å². The fourth-order valence-corrected chi connectivity index (χ4v) is 2.49. The normalized spacial score (nSPS) is 10.5. The Morgan fingerprint density at radius 1 is 0.560 bits per heavy atom. The molecule has 0 aliphatic carbocycles. The van der Waals surface area contributed by atoms with Gasteiger partial charge in [-0.05, 0) is 92.1 Å². The summed E-state index contributed by atoms with van der Waals surface area (Å²) in [6.07, 6.45) is 0. The van der Waals surface area contributed by atoms with Crippen LogP contribution < -0.4 is 20.9 Å². The number of benzene rings is 3. The van der Waals surface area contributed by atoms with Gasteiger partial charge in [0.25, 0.3) is 0 Å². The van der Waals surface area contributed by atoms with Crippen LogP contribution in [0.4, 0.5) is 11.4 Å². The lowest BCUT2D eigenvalue weighted by Gasteiger charge is -2.13. The third-order valence-electron chi connectivity index (χ3n) is 4.09. The summed E-state index contributed by atoms with van der Waals surface area (Å²) in [5.41, 5.74) is 16.2. The zero-order valence-electron chi connectivity index (χ0n) is 14.7. The maximum atomic E-state index is 5.96. The van der Waals surface area contributed by atoms with Crippen LogP contribution in [-0.2, 0) is 0 Å². The number of anilines is 2. The molecule has 0 saturated carbocycles. The van der Waals surface area contributed by atoms with Crippen molar-refractivity contribution in [2.45, 2.75) is 20.8 Å². The van der Waals surface area contributed by atoms with E-state index in [1.54, 1.807) is 0 Å². The first-order chi connectivity index (χ1) is 11.9. The Bertz CT molecular complexity index is 920. The monoisotopic (exact) mass is 334 g/mol. The third-order valence-corrected chi connectivity index (χ3v) is 4.09. The Morgan fingerprint density at radius 3 is 1.48 bits per heavy atom. The molecule has 3 aromatic carbocycles. The molecule has 3 rings (SSSR count). The number of hydrogen-bond donors (Lipinski definition) is 2. The van der Waals surface area contributed by atoms with Crippen molar-refractivity contribution in [3.05, 3.63) is 71.3 Å². The molecule has 0 spiro atoms. The van der Waals surface area contributed by atoms with Crippen LogP contribution in [0.1, 0.15) is 16.7 Å². The maximum Gasteiger partial charge on any atom is 0.130 e.